The second-order valence-electron chi connectivity index (χ2n) is 9.77. The molecule has 45 heavy (non-hydrogen) atoms. The minimum absolute atomic E-state index is 0.0639. The van der Waals surface area contributed by atoms with Gasteiger partial charge < -0.3 is 45.9 Å². The van der Waals surface area contributed by atoms with Gasteiger partial charge in [-0.3, -0.25) is 28.0 Å². The predicted octanol–water partition coefficient (Wildman–Crippen LogP) is -2.83. The minimum atomic E-state index is -5.16. The monoisotopic (exact) mass is 675 g/mol. The fourth-order valence-corrected chi connectivity index (χ4v) is 6.07. The van der Waals surface area contributed by atoms with Crippen molar-refractivity contribution in [2.45, 2.75) is 49.3 Å². The molecule has 2 aliphatic heterocycles. The summed E-state index contributed by atoms with van der Waals surface area (Å²) in [7, 11) is -7.99. The summed E-state index contributed by atoms with van der Waals surface area (Å²) in [5.74, 6) is -0.240. The zero-order chi connectivity index (χ0) is 32.2. The van der Waals surface area contributed by atoms with Gasteiger partial charge in [0.2, 0.25) is 5.95 Å². The molecule has 2 aliphatic rings. The highest BCUT2D eigenvalue weighted by Gasteiger charge is 2.52. The smallest absolute Gasteiger partial charge is 0.387 e. The SMILES string of the molecule is Nc1nc2c(ncn2[C@@H]2O[C@H](OC[P+](=O)O)[C@H](O)[C@@H]2OP(=O)(O)OC[C@H]2O[C@@H](n3cnc4c(N)ncnc43)C(O)[C@H]2O)c(=O)[nH]1. The van der Waals surface area contributed by atoms with Gasteiger partial charge in [0.1, 0.15) is 42.4 Å². The number of hydrogen-bond acceptors (Lipinski definition) is 18. The molecule has 0 aliphatic carbocycles. The topological polar surface area (TPSA) is 341 Å². The van der Waals surface area contributed by atoms with Crippen LogP contribution in [0.4, 0.5) is 11.8 Å². The van der Waals surface area contributed by atoms with Crippen molar-refractivity contribution in [1.29, 1.82) is 0 Å². The summed E-state index contributed by atoms with van der Waals surface area (Å²) in [4.78, 5) is 54.1. The zero-order valence-electron chi connectivity index (χ0n) is 22.4. The Hall–Kier alpha value is -3.57. The number of anilines is 2. The van der Waals surface area contributed by atoms with Crippen molar-refractivity contribution in [2.24, 2.45) is 0 Å². The average molecular weight is 675 g/mol. The molecule has 3 unspecified atom stereocenters. The lowest BCUT2D eigenvalue weighted by atomic mass is 10.1. The van der Waals surface area contributed by atoms with E-state index in [4.69, 9.17) is 39.6 Å². The number of aromatic amines is 1. The van der Waals surface area contributed by atoms with Crippen LogP contribution in [0, 0.1) is 0 Å². The van der Waals surface area contributed by atoms with Gasteiger partial charge in [0, 0.05) is 0 Å². The summed E-state index contributed by atoms with van der Waals surface area (Å²) in [6.07, 6.45) is -10.00. The number of nitrogens with one attached hydrogen (secondary N) is 1. The standard InChI is InChI=1S/C20H24N10O13P2/c21-13-7-14(24-2-23-13)29(3-25-7)17-10(32)9(31)6(41-17)1-40-45(37,38)43-12-11(33)19(39-5-44(35)36)42-18(12)30-4-26-8-15(30)27-20(22)28-16(8)34/h2-4,6,9-12,17-19,31-33H,1,5H2,(H6-,21,22,23,24,27,28,34,35,36,37,38)/p+1/t6-,9+,10?,11-,12+,17-,18-,19+/m1/s1. The number of aliphatic hydroxyl groups is 3. The Kier molecular flexibility index (Phi) is 8.36. The number of hydrogen-bond donors (Lipinski definition) is 8. The Morgan fingerprint density at radius 1 is 1.00 bits per heavy atom. The number of phosphoric ester groups is 1. The number of imidazole rings is 2. The molecule has 0 bridgehead atoms. The second kappa shape index (κ2) is 12.0. The lowest BCUT2D eigenvalue weighted by Crippen LogP contribution is -2.36. The largest absolute Gasteiger partial charge is 0.534 e. The molecular formula is C20H25N10O13P2+. The van der Waals surface area contributed by atoms with Crippen LogP contribution < -0.4 is 17.0 Å². The molecule has 2 fully saturated rings. The summed E-state index contributed by atoms with van der Waals surface area (Å²) >= 11 is 0. The molecule has 242 valence electrons. The van der Waals surface area contributed by atoms with Gasteiger partial charge in [0.25, 0.3) is 11.9 Å². The summed E-state index contributed by atoms with van der Waals surface area (Å²) in [5.41, 5.74) is 10.7. The van der Waals surface area contributed by atoms with Crippen molar-refractivity contribution >= 4 is 49.9 Å². The van der Waals surface area contributed by atoms with Gasteiger partial charge in [0.15, 0.2) is 41.4 Å². The molecular weight excluding hydrogens is 650 g/mol. The number of aromatic nitrogens is 8. The van der Waals surface area contributed by atoms with Gasteiger partial charge >= 0.3 is 15.9 Å². The molecule has 0 aromatic carbocycles. The van der Waals surface area contributed by atoms with E-state index in [1.807, 2.05) is 0 Å². The number of phosphoric acid groups is 1. The van der Waals surface area contributed by atoms with Crippen molar-refractivity contribution in [3.63, 3.8) is 0 Å². The molecule has 0 radical (unpaired) electrons. The van der Waals surface area contributed by atoms with E-state index in [0.29, 0.717) is 0 Å². The number of H-pyrrole nitrogens is 1. The number of nitrogens with zero attached hydrogens (tertiary/aromatic N) is 7. The molecule has 0 amide bonds. The van der Waals surface area contributed by atoms with Gasteiger partial charge in [0.05, 0.1) is 19.3 Å². The maximum absolute atomic E-state index is 13.1. The maximum Gasteiger partial charge on any atom is 0.534 e. The summed E-state index contributed by atoms with van der Waals surface area (Å²) in [6.45, 7) is -0.799. The van der Waals surface area contributed by atoms with E-state index in [0.717, 1.165) is 17.2 Å². The van der Waals surface area contributed by atoms with E-state index in [2.05, 4.69) is 29.9 Å². The Bertz CT molecular complexity index is 1850. The van der Waals surface area contributed by atoms with Crippen LogP contribution in [0.25, 0.3) is 22.3 Å². The summed E-state index contributed by atoms with van der Waals surface area (Å²) in [6, 6.07) is 0. The third-order valence-corrected chi connectivity index (χ3v) is 8.25. The lowest BCUT2D eigenvalue weighted by Gasteiger charge is -2.24. The van der Waals surface area contributed by atoms with Gasteiger partial charge in [-0.25, -0.2) is 24.5 Å². The Morgan fingerprint density at radius 2 is 1.71 bits per heavy atom. The number of nitrogen functional groups attached to an aromatic ring is 2. The van der Waals surface area contributed by atoms with Gasteiger partial charge in [-0.2, -0.15) is 9.88 Å². The normalized spacial score (nSPS) is 30.3. The van der Waals surface area contributed by atoms with E-state index in [-0.39, 0.29) is 34.1 Å². The molecule has 4 aromatic heterocycles. The van der Waals surface area contributed by atoms with Crippen molar-refractivity contribution in [3.05, 3.63) is 29.3 Å². The van der Waals surface area contributed by atoms with Gasteiger partial charge in [-0.05, 0) is 4.57 Å². The Morgan fingerprint density at radius 3 is 2.44 bits per heavy atom. The van der Waals surface area contributed by atoms with Crippen LogP contribution in [-0.4, -0.2) is 114 Å². The van der Waals surface area contributed by atoms with Crippen molar-refractivity contribution in [1.82, 2.24) is 39.0 Å². The van der Waals surface area contributed by atoms with Crippen LogP contribution >= 0.6 is 15.9 Å². The number of rotatable bonds is 10. The fourth-order valence-electron chi connectivity index (χ4n) is 4.87. The van der Waals surface area contributed by atoms with Crippen LogP contribution in [0.1, 0.15) is 12.5 Å². The lowest BCUT2D eigenvalue weighted by molar-refractivity contribution is -0.166. The van der Waals surface area contributed by atoms with Gasteiger partial charge in [-0.1, -0.05) is 0 Å². The average Bonchev–Trinajstić information content (AvgIpc) is 3.73. The Balaban J connectivity index is 1.20. The zero-order valence-corrected chi connectivity index (χ0v) is 24.2. The van der Waals surface area contributed by atoms with E-state index in [1.165, 1.54) is 10.9 Å². The maximum atomic E-state index is 13.1. The van der Waals surface area contributed by atoms with E-state index in [9.17, 15) is 34.1 Å². The van der Waals surface area contributed by atoms with Crippen LogP contribution in [0.5, 0.6) is 0 Å². The van der Waals surface area contributed by atoms with E-state index in [1.54, 1.807) is 0 Å². The number of nitrogens with two attached hydrogens (primary N) is 2. The summed E-state index contributed by atoms with van der Waals surface area (Å²) in [5, 5.41) is 32.1. The molecule has 10 atom stereocenters. The van der Waals surface area contributed by atoms with E-state index < -0.39 is 83.6 Å². The fraction of sp³-hybridized carbons (Fsp3) is 0.500. The van der Waals surface area contributed by atoms with Crippen molar-refractivity contribution in [3.8, 4) is 0 Å². The molecule has 23 nitrogen and oxygen atoms in total. The van der Waals surface area contributed by atoms with Gasteiger partial charge in [-0.15, -0.1) is 0 Å². The molecule has 10 N–H and O–H groups in total. The first-order valence-corrected chi connectivity index (χ1v) is 15.6. The van der Waals surface area contributed by atoms with Crippen molar-refractivity contribution < 1.29 is 57.5 Å². The summed E-state index contributed by atoms with van der Waals surface area (Å²) < 4.78 is 53.3. The van der Waals surface area contributed by atoms with Crippen LogP contribution in [0.15, 0.2) is 23.8 Å². The third kappa shape index (κ3) is 5.92. The molecule has 6 heterocycles. The number of ether oxygens (including phenoxy) is 3. The number of fused-ring (bicyclic) bond motifs is 2. The van der Waals surface area contributed by atoms with Crippen LogP contribution in [0.2, 0.25) is 0 Å². The third-order valence-electron chi connectivity index (χ3n) is 6.90. The highest BCUT2D eigenvalue weighted by Crippen LogP contribution is 2.50. The van der Waals surface area contributed by atoms with E-state index >= 15 is 0 Å². The molecule has 25 heteroatoms. The molecule has 2 saturated heterocycles. The highest BCUT2D eigenvalue weighted by molar-refractivity contribution is 7.47. The minimum Gasteiger partial charge on any atom is -0.387 e. The van der Waals surface area contributed by atoms with Crippen LogP contribution in [-0.2, 0) is 32.4 Å². The first-order valence-electron chi connectivity index (χ1n) is 12.8. The first-order chi connectivity index (χ1) is 21.3. The quantitative estimate of drug-likeness (QED) is 0.0785. The highest BCUT2D eigenvalue weighted by atomic mass is 31.2. The van der Waals surface area contributed by atoms with Crippen LogP contribution in [0.3, 0.4) is 0 Å². The predicted molar refractivity (Wildman–Crippen MR) is 145 cm³/mol. The molecule has 4 aromatic rings. The molecule has 0 spiro atoms. The second-order valence-corrected chi connectivity index (χ2v) is 12.1. The first kappa shape index (κ1) is 31.4. The van der Waals surface area contributed by atoms with Crippen molar-refractivity contribution in [2.75, 3.05) is 24.4 Å². The Labute approximate surface area is 249 Å². The molecule has 6 rings (SSSR count). The number of aliphatic hydroxyl groups excluding tert-OH is 3. The molecule has 0 saturated carbocycles.